The van der Waals surface area contributed by atoms with Gasteiger partial charge in [-0.05, 0) is 0 Å². The van der Waals surface area contributed by atoms with Gasteiger partial charge in [-0.2, -0.15) is 0 Å². The largest absolute Gasteiger partial charge is 0.381 e. The first-order valence-corrected chi connectivity index (χ1v) is 6.00. The first kappa shape index (κ1) is 14.0. The molecule has 7 nitrogen and oxygen atoms in total. The number of carbonyl (C=O) groups excluding carboxylic acids is 2. The van der Waals surface area contributed by atoms with Crippen LogP contribution < -0.4 is 16.4 Å². The summed E-state index contributed by atoms with van der Waals surface area (Å²) in [5.74, 6) is -0.150. The summed E-state index contributed by atoms with van der Waals surface area (Å²) in [7, 11) is 0. The maximum absolute atomic E-state index is 11.4. The molecule has 0 spiro atoms. The van der Waals surface area contributed by atoms with E-state index in [1.165, 1.54) is 18.5 Å². The Labute approximate surface area is 108 Å². The van der Waals surface area contributed by atoms with Crippen LogP contribution in [0.15, 0.2) is 30.1 Å². The van der Waals surface area contributed by atoms with Gasteiger partial charge in [-0.25, -0.2) is 14.8 Å². The molecule has 0 aliphatic rings. The molecule has 0 saturated heterocycles. The van der Waals surface area contributed by atoms with Crippen LogP contribution in [0.25, 0.3) is 0 Å². The Balaban J connectivity index is 2.35. The quantitative estimate of drug-likeness (QED) is 0.518. The van der Waals surface area contributed by atoms with Gasteiger partial charge in [0.15, 0.2) is 5.82 Å². The van der Waals surface area contributed by atoms with Crippen LogP contribution in [0.3, 0.4) is 0 Å². The van der Waals surface area contributed by atoms with Gasteiger partial charge in [-0.15, -0.1) is 6.58 Å². The number of aromatic nitrogens is 2. The van der Waals surface area contributed by atoms with E-state index in [2.05, 4.69) is 27.2 Å². The maximum Gasteiger partial charge on any atom is 0.321 e. The van der Waals surface area contributed by atoms with E-state index in [9.17, 15) is 9.59 Å². The molecule has 4 N–H and O–H groups in total. The Hall–Kier alpha value is -2.09. The van der Waals surface area contributed by atoms with Crippen molar-refractivity contribution in [1.82, 2.24) is 20.6 Å². The highest BCUT2D eigenvalue weighted by atomic mass is 32.2. The topological polar surface area (TPSA) is 110 Å². The number of thioether (sulfide) groups is 1. The van der Waals surface area contributed by atoms with E-state index >= 15 is 0 Å². The highest BCUT2D eigenvalue weighted by Gasteiger charge is 2.09. The number of nitrogens with two attached hydrogens (primary N) is 1. The number of nitrogens with one attached hydrogen (secondary N) is 2. The van der Waals surface area contributed by atoms with Crippen LogP contribution in [-0.4, -0.2) is 34.2 Å². The van der Waals surface area contributed by atoms with Gasteiger partial charge in [0.05, 0.1) is 5.75 Å². The third-order valence-electron chi connectivity index (χ3n) is 1.69. The molecule has 0 saturated carbocycles. The van der Waals surface area contributed by atoms with Crippen LogP contribution in [-0.2, 0) is 4.79 Å². The van der Waals surface area contributed by atoms with E-state index < -0.39 is 11.9 Å². The second-order valence-electron chi connectivity index (χ2n) is 3.08. The number of rotatable bonds is 5. The summed E-state index contributed by atoms with van der Waals surface area (Å²) in [6.45, 7) is 3.73. The molecule has 0 unspecified atom stereocenters. The van der Waals surface area contributed by atoms with Crippen molar-refractivity contribution in [1.29, 1.82) is 0 Å². The lowest BCUT2D eigenvalue weighted by Crippen LogP contribution is -2.40. The van der Waals surface area contributed by atoms with E-state index in [0.717, 1.165) is 11.8 Å². The van der Waals surface area contributed by atoms with Gasteiger partial charge in [-0.3, -0.25) is 10.1 Å². The van der Waals surface area contributed by atoms with E-state index in [-0.39, 0.29) is 11.6 Å². The van der Waals surface area contributed by atoms with Gasteiger partial charge in [0.25, 0.3) is 0 Å². The number of hydrogen-bond acceptors (Lipinski definition) is 6. The zero-order valence-electron chi connectivity index (χ0n) is 9.55. The fourth-order valence-electron chi connectivity index (χ4n) is 0.953. The second-order valence-corrected chi connectivity index (χ2v) is 4.05. The van der Waals surface area contributed by atoms with Crippen LogP contribution in [0.4, 0.5) is 10.6 Å². The van der Waals surface area contributed by atoms with E-state index in [1.54, 1.807) is 0 Å². The predicted molar refractivity (Wildman–Crippen MR) is 68.9 cm³/mol. The van der Waals surface area contributed by atoms with Crippen molar-refractivity contribution in [3.05, 3.63) is 25.0 Å². The van der Waals surface area contributed by atoms with Crippen LogP contribution >= 0.6 is 11.8 Å². The van der Waals surface area contributed by atoms with Crippen molar-refractivity contribution in [2.24, 2.45) is 0 Å². The third-order valence-corrected chi connectivity index (χ3v) is 2.69. The fraction of sp³-hybridized carbons (Fsp3) is 0.200. The number of nitrogens with zero attached hydrogens (tertiary/aromatic N) is 2. The van der Waals surface area contributed by atoms with Crippen molar-refractivity contribution in [3.63, 3.8) is 0 Å². The maximum atomic E-state index is 11.4. The Morgan fingerprint density at radius 3 is 2.83 bits per heavy atom. The molecule has 8 heteroatoms. The third kappa shape index (κ3) is 4.83. The molecule has 96 valence electrons. The molecule has 0 fully saturated rings. The first-order chi connectivity index (χ1) is 8.63. The Bertz CT molecular complexity index is 452. The Morgan fingerprint density at radius 2 is 2.17 bits per heavy atom. The number of imide groups is 1. The SMILES string of the molecule is C=CCNC(=O)NC(=O)CSc1nccnc1N. The summed E-state index contributed by atoms with van der Waals surface area (Å²) in [4.78, 5) is 30.3. The molecule has 0 aliphatic carbocycles. The monoisotopic (exact) mass is 267 g/mol. The number of anilines is 1. The fourth-order valence-corrected chi connectivity index (χ4v) is 1.63. The van der Waals surface area contributed by atoms with Crippen molar-refractivity contribution in [2.75, 3.05) is 18.0 Å². The zero-order chi connectivity index (χ0) is 13.4. The number of amides is 3. The molecule has 1 heterocycles. The van der Waals surface area contributed by atoms with Gasteiger partial charge in [0, 0.05) is 18.9 Å². The van der Waals surface area contributed by atoms with Gasteiger partial charge in [0.2, 0.25) is 5.91 Å². The molecule has 0 bridgehead atoms. The normalized spacial score (nSPS) is 9.56. The number of nitrogen functional groups attached to an aromatic ring is 1. The van der Waals surface area contributed by atoms with Gasteiger partial charge in [-0.1, -0.05) is 17.8 Å². The second kappa shape index (κ2) is 7.28. The molecule has 1 aromatic heterocycles. The lowest BCUT2D eigenvalue weighted by atomic mass is 10.6. The minimum Gasteiger partial charge on any atom is -0.381 e. The molecule has 0 atom stereocenters. The van der Waals surface area contributed by atoms with E-state index in [1.807, 2.05) is 0 Å². The van der Waals surface area contributed by atoms with Crippen molar-refractivity contribution in [3.8, 4) is 0 Å². The minimum atomic E-state index is -0.562. The molecule has 3 amide bonds. The predicted octanol–water partition coefficient (Wildman–Crippen LogP) is 0.163. The molecule has 0 radical (unpaired) electrons. The number of carbonyl (C=O) groups is 2. The molecule has 18 heavy (non-hydrogen) atoms. The molecular weight excluding hydrogens is 254 g/mol. The Morgan fingerprint density at radius 1 is 1.44 bits per heavy atom. The van der Waals surface area contributed by atoms with Gasteiger partial charge >= 0.3 is 6.03 Å². The summed E-state index contributed by atoms with van der Waals surface area (Å²) in [5.41, 5.74) is 5.56. The lowest BCUT2D eigenvalue weighted by molar-refractivity contribution is -0.117. The summed E-state index contributed by atoms with van der Waals surface area (Å²) in [6.07, 6.45) is 4.45. The standard InChI is InChI=1S/C10H13N5O2S/c1-2-3-14-10(17)15-7(16)6-18-9-8(11)12-4-5-13-9/h2,4-5H,1,3,6H2,(H2,11,12)(H2,14,15,16,17). The Kier molecular flexibility index (Phi) is 5.65. The minimum absolute atomic E-state index is 0.0321. The summed E-state index contributed by atoms with van der Waals surface area (Å²) in [6, 6.07) is -0.562. The van der Waals surface area contributed by atoms with Gasteiger partial charge < -0.3 is 11.1 Å². The average Bonchev–Trinajstić information content (AvgIpc) is 2.35. The average molecular weight is 267 g/mol. The highest BCUT2D eigenvalue weighted by Crippen LogP contribution is 2.18. The lowest BCUT2D eigenvalue weighted by Gasteiger charge is -2.05. The van der Waals surface area contributed by atoms with Crippen LogP contribution in [0.1, 0.15) is 0 Å². The molecule has 1 aromatic rings. The molecule has 0 aromatic carbocycles. The van der Waals surface area contributed by atoms with Crippen LogP contribution in [0.2, 0.25) is 0 Å². The summed E-state index contributed by atoms with van der Waals surface area (Å²) >= 11 is 1.11. The molecule has 1 rings (SSSR count). The summed E-state index contributed by atoms with van der Waals surface area (Å²) < 4.78 is 0. The van der Waals surface area contributed by atoms with Crippen molar-refractivity contribution < 1.29 is 9.59 Å². The smallest absolute Gasteiger partial charge is 0.321 e. The van der Waals surface area contributed by atoms with Gasteiger partial charge in [0.1, 0.15) is 5.03 Å². The highest BCUT2D eigenvalue weighted by molar-refractivity contribution is 8.00. The van der Waals surface area contributed by atoms with E-state index in [4.69, 9.17) is 5.73 Å². The van der Waals surface area contributed by atoms with Crippen molar-refractivity contribution in [2.45, 2.75) is 5.03 Å². The van der Waals surface area contributed by atoms with Crippen molar-refractivity contribution >= 4 is 29.5 Å². The first-order valence-electron chi connectivity index (χ1n) is 5.01. The molecule has 0 aliphatic heterocycles. The number of urea groups is 1. The zero-order valence-corrected chi connectivity index (χ0v) is 10.4. The van der Waals surface area contributed by atoms with E-state index in [0.29, 0.717) is 11.6 Å². The summed E-state index contributed by atoms with van der Waals surface area (Å²) in [5, 5.41) is 5.04. The molecular formula is C10H13N5O2S. The van der Waals surface area contributed by atoms with Crippen LogP contribution in [0, 0.1) is 0 Å². The number of hydrogen-bond donors (Lipinski definition) is 3. The van der Waals surface area contributed by atoms with Crippen LogP contribution in [0.5, 0.6) is 0 Å².